The van der Waals surface area contributed by atoms with Gasteiger partial charge < -0.3 is 14.8 Å². The average molecular weight is 462 g/mol. The Morgan fingerprint density at radius 2 is 2.00 bits per heavy atom. The van der Waals surface area contributed by atoms with Crippen molar-refractivity contribution >= 4 is 22.9 Å². The summed E-state index contributed by atoms with van der Waals surface area (Å²) in [5.74, 6) is 0.638. The molecule has 8 nitrogen and oxygen atoms in total. The number of carbonyl (C=O) groups excluding carboxylic acids is 1. The Morgan fingerprint density at radius 1 is 1.28 bits per heavy atom. The van der Waals surface area contributed by atoms with Crippen LogP contribution in [0.1, 0.15) is 68.9 Å². The molecule has 1 aliphatic carbocycles. The fraction of sp³-hybridized carbons (Fsp3) is 0.565. The lowest BCUT2D eigenvalue weighted by molar-refractivity contribution is -0.385. The zero-order valence-electron chi connectivity index (χ0n) is 19.1. The number of ether oxygens (including phenoxy) is 2. The molecule has 0 atom stereocenters. The number of nitro groups is 1. The van der Waals surface area contributed by atoms with E-state index in [2.05, 4.69) is 31.1 Å². The highest BCUT2D eigenvalue weighted by Crippen LogP contribution is 2.41. The molecule has 3 rings (SSSR count). The van der Waals surface area contributed by atoms with E-state index in [4.69, 9.17) is 9.47 Å². The van der Waals surface area contributed by atoms with Crippen molar-refractivity contribution in [2.45, 2.75) is 65.5 Å². The van der Waals surface area contributed by atoms with Gasteiger partial charge in [-0.3, -0.25) is 14.9 Å². The van der Waals surface area contributed by atoms with Crippen molar-refractivity contribution in [1.82, 2.24) is 10.3 Å². The standard InChI is InChI=1S/C23H31N3O5S/c1-5-23(2,3)15-6-8-16(9-7-15)25-22(27)18-10-20(30-4)21(11-19(18)26(28)29)31-12-17-13-32-14-24-17/h10-11,13-16H,5-9,12H2,1-4H3,(H,25,27). The summed E-state index contributed by atoms with van der Waals surface area (Å²) in [7, 11) is 1.44. The van der Waals surface area contributed by atoms with Crippen LogP contribution in [0.5, 0.6) is 11.5 Å². The molecule has 1 fully saturated rings. The average Bonchev–Trinajstić information content (AvgIpc) is 3.31. The van der Waals surface area contributed by atoms with E-state index in [1.54, 1.807) is 5.51 Å². The molecular weight excluding hydrogens is 430 g/mol. The number of aromatic nitrogens is 1. The summed E-state index contributed by atoms with van der Waals surface area (Å²) in [4.78, 5) is 28.3. The lowest BCUT2D eigenvalue weighted by Gasteiger charge is -2.39. The van der Waals surface area contributed by atoms with Crippen molar-refractivity contribution in [1.29, 1.82) is 0 Å². The maximum Gasteiger partial charge on any atom is 0.286 e. The topological polar surface area (TPSA) is 104 Å². The number of thiazole rings is 1. The van der Waals surface area contributed by atoms with Gasteiger partial charge in [-0.15, -0.1) is 11.3 Å². The fourth-order valence-electron chi connectivity index (χ4n) is 4.19. The molecule has 1 saturated carbocycles. The maximum absolute atomic E-state index is 13.0. The number of hydrogen-bond acceptors (Lipinski definition) is 7. The predicted octanol–water partition coefficient (Wildman–Crippen LogP) is 5.36. The Labute approximate surface area is 192 Å². The number of methoxy groups -OCH3 is 1. The molecule has 1 amide bonds. The number of carbonyl (C=O) groups is 1. The van der Waals surface area contributed by atoms with Gasteiger partial charge in [0, 0.05) is 17.5 Å². The molecule has 0 bridgehead atoms. The number of amides is 1. The van der Waals surface area contributed by atoms with E-state index in [1.807, 2.05) is 5.38 Å². The SMILES string of the molecule is CCC(C)(C)C1CCC(NC(=O)c2cc(OC)c(OCc3cscn3)cc2[N+](=O)[O-])CC1. The van der Waals surface area contributed by atoms with Crippen molar-refractivity contribution in [2.75, 3.05) is 7.11 Å². The third-order valence-corrected chi connectivity index (χ3v) is 7.30. The Hall–Kier alpha value is -2.68. The van der Waals surface area contributed by atoms with Crippen LogP contribution in [0.25, 0.3) is 0 Å². The number of nitrogens with one attached hydrogen (secondary N) is 1. The highest BCUT2D eigenvalue weighted by atomic mass is 32.1. The van der Waals surface area contributed by atoms with E-state index in [0.29, 0.717) is 11.6 Å². The van der Waals surface area contributed by atoms with Crippen molar-refractivity contribution in [3.05, 3.63) is 44.4 Å². The third kappa shape index (κ3) is 5.56. The van der Waals surface area contributed by atoms with Crippen molar-refractivity contribution in [3.63, 3.8) is 0 Å². The molecule has 2 aromatic rings. The molecule has 0 saturated heterocycles. The minimum Gasteiger partial charge on any atom is -0.493 e. The summed E-state index contributed by atoms with van der Waals surface area (Å²) in [5, 5.41) is 16.5. The summed E-state index contributed by atoms with van der Waals surface area (Å²) < 4.78 is 11.0. The quantitative estimate of drug-likeness (QED) is 0.398. The van der Waals surface area contributed by atoms with Crippen LogP contribution >= 0.6 is 11.3 Å². The minimum atomic E-state index is -0.565. The van der Waals surface area contributed by atoms with Gasteiger partial charge in [0.1, 0.15) is 12.2 Å². The number of benzene rings is 1. The van der Waals surface area contributed by atoms with Gasteiger partial charge >= 0.3 is 0 Å². The summed E-state index contributed by atoms with van der Waals surface area (Å²) >= 11 is 1.43. The third-order valence-electron chi connectivity index (χ3n) is 6.66. The summed E-state index contributed by atoms with van der Waals surface area (Å²) in [6.45, 7) is 6.96. The van der Waals surface area contributed by atoms with Crippen LogP contribution in [0, 0.1) is 21.4 Å². The first kappa shape index (κ1) is 24.0. The minimum absolute atomic E-state index is 0.0117. The Balaban J connectivity index is 1.73. The summed E-state index contributed by atoms with van der Waals surface area (Å²) in [5.41, 5.74) is 2.35. The first-order valence-electron chi connectivity index (χ1n) is 10.9. The summed E-state index contributed by atoms with van der Waals surface area (Å²) in [6, 6.07) is 2.65. The number of nitro benzene ring substituents is 1. The molecule has 0 radical (unpaired) electrons. The van der Waals surface area contributed by atoms with Crippen LogP contribution in [-0.4, -0.2) is 29.0 Å². The van der Waals surface area contributed by atoms with Crippen molar-refractivity contribution in [2.24, 2.45) is 11.3 Å². The molecular formula is C23H31N3O5S. The van der Waals surface area contributed by atoms with Gasteiger partial charge in [0.2, 0.25) is 0 Å². The molecule has 9 heteroatoms. The largest absolute Gasteiger partial charge is 0.493 e. The Morgan fingerprint density at radius 3 is 2.56 bits per heavy atom. The Kier molecular flexibility index (Phi) is 7.71. The Bertz CT molecular complexity index is 937. The zero-order chi connectivity index (χ0) is 23.3. The van der Waals surface area contributed by atoms with Crippen LogP contribution < -0.4 is 14.8 Å². The number of rotatable bonds is 9. The first-order valence-corrected chi connectivity index (χ1v) is 11.9. The van der Waals surface area contributed by atoms with Crippen molar-refractivity contribution in [3.8, 4) is 11.5 Å². The molecule has 174 valence electrons. The van der Waals surface area contributed by atoms with Crippen LogP contribution in [0.3, 0.4) is 0 Å². The van der Waals surface area contributed by atoms with Crippen LogP contribution in [0.4, 0.5) is 5.69 Å². The summed E-state index contributed by atoms with van der Waals surface area (Å²) in [6.07, 6.45) is 4.96. The fourth-order valence-corrected chi connectivity index (χ4v) is 4.73. The van der Waals surface area contributed by atoms with Gasteiger partial charge in [-0.2, -0.15) is 0 Å². The monoisotopic (exact) mass is 461 g/mol. The second-order valence-corrected chi connectivity index (χ2v) is 9.63. The zero-order valence-corrected chi connectivity index (χ0v) is 19.9. The second kappa shape index (κ2) is 10.3. The van der Waals surface area contributed by atoms with Gasteiger partial charge in [-0.1, -0.05) is 27.2 Å². The van der Waals surface area contributed by atoms with Gasteiger partial charge in [0.25, 0.3) is 11.6 Å². The number of nitrogens with zero attached hydrogens (tertiary/aromatic N) is 2. The van der Waals surface area contributed by atoms with Crippen LogP contribution in [0.15, 0.2) is 23.0 Å². The second-order valence-electron chi connectivity index (χ2n) is 8.91. The first-order chi connectivity index (χ1) is 15.2. The van der Waals surface area contributed by atoms with E-state index in [-0.39, 0.29) is 40.8 Å². The van der Waals surface area contributed by atoms with E-state index in [9.17, 15) is 14.9 Å². The highest BCUT2D eigenvalue weighted by Gasteiger charge is 2.33. The van der Waals surface area contributed by atoms with Gasteiger partial charge in [-0.25, -0.2) is 4.98 Å². The molecule has 1 N–H and O–H groups in total. The van der Waals surface area contributed by atoms with Crippen LogP contribution in [0.2, 0.25) is 0 Å². The highest BCUT2D eigenvalue weighted by molar-refractivity contribution is 7.07. The molecule has 1 aliphatic rings. The van der Waals surface area contributed by atoms with Gasteiger partial charge in [0.15, 0.2) is 11.5 Å². The van der Waals surface area contributed by atoms with Crippen LogP contribution in [-0.2, 0) is 6.61 Å². The lowest BCUT2D eigenvalue weighted by Crippen LogP contribution is -2.40. The van der Waals surface area contributed by atoms with Gasteiger partial charge in [0.05, 0.1) is 29.3 Å². The molecule has 0 spiro atoms. The lowest BCUT2D eigenvalue weighted by atomic mass is 9.69. The van der Waals surface area contributed by atoms with E-state index >= 15 is 0 Å². The molecule has 1 heterocycles. The molecule has 1 aromatic heterocycles. The van der Waals surface area contributed by atoms with E-state index < -0.39 is 10.8 Å². The van der Waals surface area contributed by atoms with Gasteiger partial charge in [-0.05, 0) is 37.0 Å². The normalized spacial score (nSPS) is 18.8. The molecule has 1 aromatic carbocycles. The van der Waals surface area contributed by atoms with Crippen molar-refractivity contribution < 1.29 is 19.2 Å². The molecule has 0 aliphatic heterocycles. The molecule has 32 heavy (non-hydrogen) atoms. The maximum atomic E-state index is 13.0. The molecule has 0 unspecified atom stereocenters. The van der Waals surface area contributed by atoms with E-state index in [1.165, 1.54) is 30.6 Å². The number of hydrogen-bond donors (Lipinski definition) is 1. The van der Waals surface area contributed by atoms with E-state index in [0.717, 1.165) is 32.1 Å². The smallest absolute Gasteiger partial charge is 0.286 e. The predicted molar refractivity (Wildman–Crippen MR) is 123 cm³/mol.